The van der Waals surface area contributed by atoms with Gasteiger partial charge in [-0.3, -0.25) is 0 Å². The molecule has 0 amide bonds. The molecule has 4 heteroatoms. The third kappa shape index (κ3) is 1.86. The van der Waals surface area contributed by atoms with Crippen LogP contribution in [0, 0.1) is 16.7 Å². The van der Waals surface area contributed by atoms with Crippen LogP contribution < -0.4 is 0 Å². The van der Waals surface area contributed by atoms with Gasteiger partial charge in [0.15, 0.2) is 0 Å². The van der Waals surface area contributed by atoms with E-state index in [4.69, 9.17) is 4.74 Å². The summed E-state index contributed by atoms with van der Waals surface area (Å²) in [4.78, 5) is 0. The van der Waals surface area contributed by atoms with Crippen LogP contribution in [-0.4, -0.2) is 18.3 Å². The summed E-state index contributed by atoms with van der Waals surface area (Å²) in [7, 11) is 0. The van der Waals surface area contributed by atoms with Crippen LogP contribution in [0.5, 0.6) is 0 Å². The van der Waals surface area contributed by atoms with Gasteiger partial charge in [0, 0.05) is 11.1 Å². The molecule has 0 aromatic heterocycles. The fourth-order valence-corrected chi connectivity index (χ4v) is 2.44. The average molecular weight is 282 g/mol. The quantitative estimate of drug-likeness (QED) is 0.906. The number of ether oxygens (including phenoxy) is 1. The van der Waals surface area contributed by atoms with Crippen molar-refractivity contribution in [1.29, 1.82) is 5.26 Å². The van der Waals surface area contributed by atoms with Gasteiger partial charge in [-0.15, -0.1) is 0 Å². The van der Waals surface area contributed by atoms with Crippen molar-refractivity contribution in [3.63, 3.8) is 0 Å². The Labute approximate surface area is 103 Å². The molecular formula is C12H12BrNO2. The molecule has 0 saturated carbocycles. The lowest BCUT2D eigenvalue weighted by Gasteiger charge is -2.26. The summed E-state index contributed by atoms with van der Waals surface area (Å²) in [5.41, 5.74) is -0.0568. The minimum absolute atomic E-state index is 0.298. The van der Waals surface area contributed by atoms with Gasteiger partial charge < -0.3 is 9.84 Å². The second-order valence-electron chi connectivity index (χ2n) is 3.99. The zero-order valence-electron chi connectivity index (χ0n) is 8.69. The molecular weight excluding hydrogens is 270 g/mol. The first kappa shape index (κ1) is 11.6. The number of nitrogens with zero attached hydrogens (tertiary/aromatic N) is 1. The zero-order chi connectivity index (χ0) is 11.6. The molecule has 2 atom stereocenters. The summed E-state index contributed by atoms with van der Waals surface area (Å²) in [5.74, 6) is 0. The second-order valence-corrected chi connectivity index (χ2v) is 4.85. The number of aliphatic hydroxyl groups is 1. The van der Waals surface area contributed by atoms with E-state index in [1.54, 1.807) is 0 Å². The lowest BCUT2D eigenvalue weighted by Crippen LogP contribution is -2.28. The SMILES string of the molecule is N#CC1(C(O)c2ccccc2Br)CCOC1. The Balaban J connectivity index is 2.35. The lowest BCUT2D eigenvalue weighted by atomic mass is 9.79. The molecule has 1 aromatic rings. The Bertz CT molecular complexity index is 421. The Kier molecular flexibility index (Phi) is 3.29. The van der Waals surface area contributed by atoms with E-state index in [0.717, 1.165) is 10.0 Å². The first-order valence-corrected chi connectivity index (χ1v) is 5.90. The molecule has 0 aliphatic carbocycles. The minimum Gasteiger partial charge on any atom is -0.387 e. The third-order valence-electron chi connectivity index (χ3n) is 3.00. The minimum atomic E-state index is -0.810. The van der Waals surface area contributed by atoms with Crippen molar-refractivity contribution in [2.75, 3.05) is 13.2 Å². The highest BCUT2D eigenvalue weighted by molar-refractivity contribution is 9.10. The van der Waals surface area contributed by atoms with Crippen molar-refractivity contribution >= 4 is 15.9 Å². The van der Waals surface area contributed by atoms with Gasteiger partial charge in [-0.1, -0.05) is 34.1 Å². The molecule has 0 radical (unpaired) electrons. The average Bonchev–Trinajstić information content (AvgIpc) is 2.78. The highest BCUT2D eigenvalue weighted by Gasteiger charge is 2.43. The maximum Gasteiger partial charge on any atom is 0.113 e. The van der Waals surface area contributed by atoms with Crippen LogP contribution in [0.2, 0.25) is 0 Å². The predicted octanol–water partition coefficient (Wildman–Crippen LogP) is 2.41. The highest BCUT2D eigenvalue weighted by atomic mass is 79.9. The van der Waals surface area contributed by atoms with Crippen molar-refractivity contribution in [3.8, 4) is 6.07 Å². The van der Waals surface area contributed by atoms with Gasteiger partial charge in [0.05, 0.1) is 12.7 Å². The molecule has 1 N–H and O–H groups in total. The Hall–Kier alpha value is -0.890. The lowest BCUT2D eigenvalue weighted by molar-refractivity contribution is 0.0499. The molecule has 0 bridgehead atoms. The number of nitriles is 1. The first-order chi connectivity index (χ1) is 7.69. The summed E-state index contributed by atoms with van der Waals surface area (Å²) < 4.78 is 6.06. The predicted molar refractivity (Wildman–Crippen MR) is 62.6 cm³/mol. The topological polar surface area (TPSA) is 53.2 Å². The standard InChI is InChI=1S/C12H12BrNO2/c13-10-4-2-1-3-9(10)11(15)12(7-14)5-6-16-8-12/h1-4,11,15H,5-6,8H2. The Morgan fingerprint density at radius 3 is 2.81 bits per heavy atom. The number of hydrogen-bond donors (Lipinski definition) is 1. The third-order valence-corrected chi connectivity index (χ3v) is 3.72. The maximum absolute atomic E-state index is 10.3. The fourth-order valence-electron chi connectivity index (χ4n) is 1.94. The van der Waals surface area contributed by atoms with Gasteiger partial charge in [-0.2, -0.15) is 5.26 Å². The van der Waals surface area contributed by atoms with Crippen LogP contribution in [0.3, 0.4) is 0 Å². The Morgan fingerprint density at radius 1 is 1.50 bits per heavy atom. The van der Waals surface area contributed by atoms with Crippen LogP contribution in [0.15, 0.2) is 28.7 Å². The molecule has 2 unspecified atom stereocenters. The Morgan fingerprint density at radius 2 is 2.25 bits per heavy atom. The maximum atomic E-state index is 10.3. The molecule has 2 rings (SSSR count). The number of benzene rings is 1. The summed E-state index contributed by atoms with van der Waals surface area (Å²) in [6.45, 7) is 0.834. The van der Waals surface area contributed by atoms with Gasteiger partial charge in [0.1, 0.15) is 11.5 Å². The van der Waals surface area contributed by atoms with E-state index >= 15 is 0 Å². The zero-order valence-corrected chi connectivity index (χ0v) is 10.3. The largest absolute Gasteiger partial charge is 0.387 e. The van der Waals surface area contributed by atoms with Gasteiger partial charge in [-0.05, 0) is 18.1 Å². The number of aliphatic hydroxyl groups excluding tert-OH is 1. The molecule has 16 heavy (non-hydrogen) atoms. The second kappa shape index (κ2) is 4.54. The fraction of sp³-hybridized carbons (Fsp3) is 0.417. The smallest absolute Gasteiger partial charge is 0.113 e. The molecule has 1 heterocycles. The van der Waals surface area contributed by atoms with E-state index < -0.39 is 11.5 Å². The van der Waals surface area contributed by atoms with Crippen molar-refractivity contribution in [1.82, 2.24) is 0 Å². The van der Waals surface area contributed by atoms with Crippen molar-refractivity contribution in [2.24, 2.45) is 5.41 Å². The summed E-state index contributed by atoms with van der Waals surface area (Å²) in [6.07, 6.45) is -0.234. The molecule has 84 valence electrons. The van der Waals surface area contributed by atoms with Gasteiger partial charge in [0.2, 0.25) is 0 Å². The monoisotopic (exact) mass is 281 g/mol. The molecule has 1 saturated heterocycles. The van der Waals surface area contributed by atoms with Gasteiger partial charge in [-0.25, -0.2) is 0 Å². The number of hydrogen-bond acceptors (Lipinski definition) is 3. The molecule has 1 aliphatic rings. The van der Waals surface area contributed by atoms with E-state index in [1.165, 1.54) is 0 Å². The summed E-state index contributed by atoms with van der Waals surface area (Å²) >= 11 is 3.39. The van der Waals surface area contributed by atoms with Crippen LogP contribution in [0.4, 0.5) is 0 Å². The van der Waals surface area contributed by atoms with Crippen LogP contribution in [0.1, 0.15) is 18.1 Å². The van der Waals surface area contributed by atoms with E-state index in [1.807, 2.05) is 24.3 Å². The molecule has 1 fully saturated rings. The van der Waals surface area contributed by atoms with Gasteiger partial charge in [0.25, 0.3) is 0 Å². The molecule has 1 aliphatic heterocycles. The van der Waals surface area contributed by atoms with E-state index in [-0.39, 0.29) is 0 Å². The van der Waals surface area contributed by atoms with E-state index in [0.29, 0.717) is 19.6 Å². The normalized spacial score (nSPS) is 26.3. The molecule has 1 aromatic carbocycles. The molecule has 3 nitrogen and oxygen atoms in total. The van der Waals surface area contributed by atoms with E-state index in [2.05, 4.69) is 22.0 Å². The van der Waals surface area contributed by atoms with Crippen LogP contribution >= 0.6 is 15.9 Å². The van der Waals surface area contributed by atoms with Crippen LogP contribution in [-0.2, 0) is 4.74 Å². The highest BCUT2D eigenvalue weighted by Crippen LogP contribution is 2.42. The van der Waals surface area contributed by atoms with E-state index in [9.17, 15) is 10.4 Å². The number of halogens is 1. The van der Waals surface area contributed by atoms with Crippen molar-refractivity contribution in [2.45, 2.75) is 12.5 Å². The van der Waals surface area contributed by atoms with Gasteiger partial charge >= 0.3 is 0 Å². The number of rotatable bonds is 2. The summed E-state index contributed by atoms with van der Waals surface area (Å²) in [6, 6.07) is 9.62. The summed E-state index contributed by atoms with van der Waals surface area (Å²) in [5, 5.41) is 19.6. The first-order valence-electron chi connectivity index (χ1n) is 5.11. The van der Waals surface area contributed by atoms with Crippen LogP contribution in [0.25, 0.3) is 0 Å². The van der Waals surface area contributed by atoms with Crippen molar-refractivity contribution < 1.29 is 9.84 Å². The molecule has 0 spiro atoms. The van der Waals surface area contributed by atoms with Crippen molar-refractivity contribution in [3.05, 3.63) is 34.3 Å².